The molecule has 0 aliphatic carbocycles. The molecule has 0 atom stereocenters. The van der Waals surface area contributed by atoms with Crippen LogP contribution in [0.4, 0.5) is 11.4 Å². The Morgan fingerprint density at radius 3 is 2.04 bits per heavy atom. The SMILES string of the molecule is Cc1ccc(N)cc1C(=O)Nc1c(C(C)C)cccc1C(C)C.Cl. The number of nitrogens with one attached hydrogen (secondary N) is 1. The van der Waals surface area contributed by atoms with E-state index in [0.29, 0.717) is 23.1 Å². The zero-order valence-electron chi connectivity index (χ0n) is 15.0. The second-order valence-corrected chi connectivity index (χ2v) is 6.65. The van der Waals surface area contributed by atoms with Gasteiger partial charge in [0.25, 0.3) is 5.91 Å². The minimum absolute atomic E-state index is 0. The average molecular weight is 347 g/mol. The Kier molecular flexibility index (Phi) is 6.85. The molecule has 1 amide bonds. The first-order valence-corrected chi connectivity index (χ1v) is 8.11. The zero-order valence-corrected chi connectivity index (χ0v) is 15.8. The minimum Gasteiger partial charge on any atom is -0.399 e. The van der Waals surface area contributed by atoms with Gasteiger partial charge in [0.2, 0.25) is 0 Å². The van der Waals surface area contributed by atoms with E-state index in [-0.39, 0.29) is 18.3 Å². The lowest BCUT2D eigenvalue weighted by Gasteiger charge is -2.20. The number of rotatable bonds is 4. The third-order valence-electron chi connectivity index (χ3n) is 4.12. The van der Waals surface area contributed by atoms with Crippen molar-refractivity contribution in [1.82, 2.24) is 0 Å². The number of nitrogens with two attached hydrogens (primary N) is 1. The number of anilines is 2. The fraction of sp³-hybridized carbons (Fsp3) is 0.350. The van der Waals surface area contributed by atoms with Gasteiger partial charge in [0, 0.05) is 16.9 Å². The van der Waals surface area contributed by atoms with Gasteiger partial charge in [0.15, 0.2) is 0 Å². The van der Waals surface area contributed by atoms with Crippen molar-refractivity contribution in [2.24, 2.45) is 0 Å². The van der Waals surface area contributed by atoms with Crippen LogP contribution in [0.15, 0.2) is 36.4 Å². The number of aryl methyl sites for hydroxylation is 1. The molecule has 0 heterocycles. The van der Waals surface area contributed by atoms with Crippen LogP contribution in [0.1, 0.15) is 66.6 Å². The molecule has 2 rings (SSSR count). The van der Waals surface area contributed by atoms with Crippen molar-refractivity contribution < 1.29 is 4.79 Å². The van der Waals surface area contributed by atoms with E-state index in [9.17, 15) is 4.79 Å². The Morgan fingerprint density at radius 2 is 1.54 bits per heavy atom. The topological polar surface area (TPSA) is 55.1 Å². The summed E-state index contributed by atoms with van der Waals surface area (Å²) in [4.78, 5) is 12.8. The highest BCUT2D eigenvalue weighted by molar-refractivity contribution is 6.06. The van der Waals surface area contributed by atoms with Crippen molar-refractivity contribution in [2.45, 2.75) is 46.5 Å². The fourth-order valence-corrected chi connectivity index (χ4v) is 2.76. The first-order valence-electron chi connectivity index (χ1n) is 8.11. The standard InChI is InChI=1S/C20H26N2O.ClH/c1-12(2)16-7-6-8-17(13(3)4)19(16)22-20(23)18-11-15(21)10-9-14(18)5;/h6-13H,21H2,1-5H3,(H,22,23);1H. The first kappa shape index (κ1) is 20.0. The molecule has 0 aliphatic heterocycles. The van der Waals surface area contributed by atoms with Crippen molar-refractivity contribution in [3.05, 3.63) is 58.7 Å². The molecule has 0 fully saturated rings. The molecule has 0 aromatic heterocycles. The number of carbonyl (C=O) groups excluding carboxylic acids is 1. The summed E-state index contributed by atoms with van der Waals surface area (Å²) in [6, 6.07) is 11.6. The zero-order chi connectivity index (χ0) is 17.1. The van der Waals surface area contributed by atoms with E-state index < -0.39 is 0 Å². The van der Waals surface area contributed by atoms with E-state index in [1.54, 1.807) is 6.07 Å². The lowest BCUT2D eigenvalue weighted by atomic mass is 9.92. The molecule has 2 aromatic carbocycles. The Balaban J connectivity index is 0.00000288. The monoisotopic (exact) mass is 346 g/mol. The van der Waals surface area contributed by atoms with Crippen molar-refractivity contribution >= 4 is 29.7 Å². The smallest absolute Gasteiger partial charge is 0.256 e. The number of carbonyl (C=O) groups is 1. The second-order valence-electron chi connectivity index (χ2n) is 6.65. The number of amides is 1. The normalized spacial score (nSPS) is 10.6. The molecule has 24 heavy (non-hydrogen) atoms. The van der Waals surface area contributed by atoms with Crippen molar-refractivity contribution in [3.8, 4) is 0 Å². The maximum absolute atomic E-state index is 12.8. The van der Waals surface area contributed by atoms with E-state index in [1.807, 2.05) is 19.1 Å². The molecule has 130 valence electrons. The van der Waals surface area contributed by atoms with Gasteiger partial charge < -0.3 is 11.1 Å². The average Bonchev–Trinajstić information content (AvgIpc) is 2.49. The summed E-state index contributed by atoms with van der Waals surface area (Å²) in [5.41, 5.74) is 11.2. The maximum Gasteiger partial charge on any atom is 0.256 e. The fourth-order valence-electron chi connectivity index (χ4n) is 2.76. The molecule has 2 aromatic rings. The molecule has 0 radical (unpaired) electrons. The molecule has 0 saturated heterocycles. The van der Waals surface area contributed by atoms with Gasteiger partial charge in [-0.1, -0.05) is 52.0 Å². The van der Waals surface area contributed by atoms with Crippen molar-refractivity contribution in [3.63, 3.8) is 0 Å². The summed E-state index contributed by atoms with van der Waals surface area (Å²) in [6.45, 7) is 10.5. The molecule has 4 heteroatoms. The van der Waals surface area contributed by atoms with Gasteiger partial charge in [-0.3, -0.25) is 4.79 Å². The minimum atomic E-state index is -0.107. The highest BCUT2D eigenvalue weighted by atomic mass is 35.5. The van der Waals surface area contributed by atoms with Crippen LogP contribution in [-0.4, -0.2) is 5.91 Å². The van der Waals surface area contributed by atoms with Crippen LogP contribution in [0.2, 0.25) is 0 Å². The van der Waals surface area contributed by atoms with Crippen molar-refractivity contribution in [2.75, 3.05) is 11.1 Å². The van der Waals surface area contributed by atoms with Gasteiger partial charge in [-0.25, -0.2) is 0 Å². The molecule has 3 N–H and O–H groups in total. The van der Waals surface area contributed by atoms with E-state index >= 15 is 0 Å². The summed E-state index contributed by atoms with van der Waals surface area (Å²) in [6.07, 6.45) is 0. The van der Waals surface area contributed by atoms with E-state index in [0.717, 1.165) is 22.4 Å². The highest BCUT2D eigenvalue weighted by Crippen LogP contribution is 2.32. The van der Waals surface area contributed by atoms with Crippen LogP contribution in [-0.2, 0) is 0 Å². The van der Waals surface area contributed by atoms with Crippen LogP contribution in [0.3, 0.4) is 0 Å². The third-order valence-corrected chi connectivity index (χ3v) is 4.12. The van der Waals surface area contributed by atoms with E-state index in [4.69, 9.17) is 5.73 Å². The van der Waals surface area contributed by atoms with Crippen LogP contribution >= 0.6 is 12.4 Å². The summed E-state index contributed by atoms with van der Waals surface area (Å²) in [5.74, 6) is 0.571. The number of hydrogen-bond donors (Lipinski definition) is 2. The second kappa shape index (κ2) is 8.20. The lowest BCUT2D eigenvalue weighted by molar-refractivity contribution is 0.102. The van der Waals surface area contributed by atoms with Gasteiger partial charge in [0.1, 0.15) is 0 Å². The number of benzene rings is 2. The Labute approximate surface area is 151 Å². The predicted octanol–water partition coefficient (Wildman–Crippen LogP) is 5.50. The Morgan fingerprint density at radius 1 is 1.00 bits per heavy atom. The van der Waals surface area contributed by atoms with Crippen LogP contribution in [0.25, 0.3) is 0 Å². The first-order chi connectivity index (χ1) is 10.8. The Bertz CT molecular complexity index is 697. The van der Waals surface area contributed by atoms with Gasteiger partial charge in [-0.05, 0) is 47.6 Å². The van der Waals surface area contributed by atoms with E-state index in [2.05, 4.69) is 51.2 Å². The molecule has 0 unspecified atom stereocenters. The summed E-state index contributed by atoms with van der Waals surface area (Å²) in [5, 5.41) is 3.13. The molecular formula is C20H27ClN2O. The number of hydrogen-bond acceptors (Lipinski definition) is 2. The van der Waals surface area contributed by atoms with Gasteiger partial charge in [-0.2, -0.15) is 0 Å². The number of nitrogen functional groups attached to an aromatic ring is 1. The maximum atomic E-state index is 12.8. The summed E-state index contributed by atoms with van der Waals surface area (Å²) in [7, 11) is 0. The quantitative estimate of drug-likeness (QED) is 0.718. The van der Waals surface area contributed by atoms with Crippen LogP contribution in [0, 0.1) is 6.92 Å². The van der Waals surface area contributed by atoms with Crippen molar-refractivity contribution in [1.29, 1.82) is 0 Å². The third kappa shape index (κ3) is 4.30. The summed E-state index contributed by atoms with van der Waals surface area (Å²) >= 11 is 0. The molecule has 0 bridgehead atoms. The molecular weight excluding hydrogens is 320 g/mol. The number of halogens is 1. The summed E-state index contributed by atoms with van der Waals surface area (Å²) < 4.78 is 0. The number of para-hydroxylation sites is 1. The van der Waals surface area contributed by atoms with Crippen LogP contribution < -0.4 is 11.1 Å². The molecule has 3 nitrogen and oxygen atoms in total. The van der Waals surface area contributed by atoms with Gasteiger partial charge >= 0.3 is 0 Å². The Hall–Kier alpha value is -2.00. The molecule has 0 saturated carbocycles. The molecule has 0 spiro atoms. The predicted molar refractivity (Wildman–Crippen MR) is 105 cm³/mol. The highest BCUT2D eigenvalue weighted by Gasteiger charge is 2.17. The van der Waals surface area contributed by atoms with Gasteiger partial charge in [-0.15, -0.1) is 12.4 Å². The van der Waals surface area contributed by atoms with Gasteiger partial charge in [0.05, 0.1) is 0 Å². The molecule has 0 aliphatic rings. The van der Waals surface area contributed by atoms with E-state index in [1.165, 1.54) is 0 Å². The van der Waals surface area contributed by atoms with Crippen LogP contribution in [0.5, 0.6) is 0 Å². The largest absolute Gasteiger partial charge is 0.399 e. The lowest BCUT2D eigenvalue weighted by Crippen LogP contribution is -2.17.